The maximum atomic E-state index is 12.5. The Morgan fingerprint density at radius 2 is 1.88 bits per heavy atom. The molecule has 1 atom stereocenters. The number of benzene rings is 1. The molecule has 134 valence electrons. The topological polar surface area (TPSA) is 72.9 Å². The van der Waals surface area contributed by atoms with E-state index in [1.54, 1.807) is 23.6 Å². The van der Waals surface area contributed by atoms with Gasteiger partial charge in [-0.05, 0) is 25.5 Å². The Balaban J connectivity index is 1.96. The summed E-state index contributed by atoms with van der Waals surface area (Å²) in [6.07, 6.45) is 2.79. The van der Waals surface area contributed by atoms with Crippen molar-refractivity contribution >= 4 is 35.3 Å². The summed E-state index contributed by atoms with van der Waals surface area (Å²) >= 11 is 1.73. The normalized spacial score (nSPS) is 16.9. The number of ether oxygens (including phenoxy) is 2. The fourth-order valence-electron chi connectivity index (χ4n) is 2.33. The molecule has 0 N–H and O–H groups in total. The molecule has 0 bridgehead atoms. The summed E-state index contributed by atoms with van der Waals surface area (Å²) in [4.78, 5) is 37.9. The van der Waals surface area contributed by atoms with Gasteiger partial charge in [0.2, 0.25) is 0 Å². The number of carbonyl (C=O) groups is 3. The van der Waals surface area contributed by atoms with Crippen LogP contribution in [0.15, 0.2) is 41.3 Å². The minimum atomic E-state index is -0.757. The van der Waals surface area contributed by atoms with E-state index in [0.29, 0.717) is 11.8 Å². The van der Waals surface area contributed by atoms with Gasteiger partial charge in [-0.25, -0.2) is 9.59 Å². The zero-order valence-electron chi connectivity index (χ0n) is 14.3. The monoisotopic (exact) mass is 363 g/mol. The van der Waals surface area contributed by atoms with E-state index in [1.165, 1.54) is 0 Å². The number of rotatable bonds is 5. The molecule has 0 saturated heterocycles. The standard InChI is InChI=1S/C18H21NO5S/c1-3-23-17(21)8-9-18(22)24-12-16(20)19-11-10-13(2)25-15-7-5-4-6-14(15)19/h4-9,13H,3,10-12H2,1-2H3/b9-8+/t13-/m1/s1. The SMILES string of the molecule is CCOC(=O)/C=C/C(=O)OCC(=O)N1CC[C@@H](C)Sc2ccccc21. The molecule has 0 unspecified atom stereocenters. The van der Waals surface area contributed by atoms with E-state index in [0.717, 1.165) is 29.2 Å². The molecular formula is C18H21NO5S. The molecule has 7 heteroatoms. The number of nitrogens with zero attached hydrogens (tertiary/aromatic N) is 1. The Kier molecular flexibility index (Phi) is 7.06. The lowest BCUT2D eigenvalue weighted by molar-refractivity contribution is -0.143. The number of hydrogen-bond acceptors (Lipinski definition) is 6. The third kappa shape index (κ3) is 5.63. The average molecular weight is 363 g/mol. The van der Waals surface area contributed by atoms with Gasteiger partial charge >= 0.3 is 11.9 Å². The first-order valence-corrected chi connectivity index (χ1v) is 8.97. The largest absolute Gasteiger partial charge is 0.463 e. The number of amides is 1. The molecule has 1 heterocycles. The van der Waals surface area contributed by atoms with Crippen LogP contribution in [0.1, 0.15) is 20.3 Å². The highest BCUT2D eigenvalue weighted by atomic mass is 32.2. The third-order valence-electron chi connectivity index (χ3n) is 3.52. The average Bonchev–Trinajstić information content (AvgIpc) is 2.76. The number of fused-ring (bicyclic) bond motifs is 1. The predicted octanol–water partition coefficient (Wildman–Crippen LogP) is 2.57. The molecule has 6 nitrogen and oxygen atoms in total. The molecule has 0 aromatic heterocycles. The molecule has 0 saturated carbocycles. The van der Waals surface area contributed by atoms with Crippen LogP contribution in [0.25, 0.3) is 0 Å². The van der Waals surface area contributed by atoms with Crippen molar-refractivity contribution < 1.29 is 23.9 Å². The number of para-hydroxylation sites is 1. The van der Waals surface area contributed by atoms with Crippen molar-refractivity contribution in [2.45, 2.75) is 30.4 Å². The Bertz CT molecular complexity index is 673. The molecular weight excluding hydrogens is 342 g/mol. The van der Waals surface area contributed by atoms with Crippen molar-refractivity contribution in [1.29, 1.82) is 0 Å². The van der Waals surface area contributed by atoms with Crippen LogP contribution >= 0.6 is 11.8 Å². The van der Waals surface area contributed by atoms with Gasteiger partial charge in [0, 0.05) is 28.8 Å². The maximum absolute atomic E-state index is 12.5. The lowest BCUT2D eigenvalue weighted by Gasteiger charge is -2.22. The second-order valence-corrected chi connectivity index (χ2v) is 6.90. The predicted molar refractivity (Wildman–Crippen MR) is 95.5 cm³/mol. The Labute approximate surface area is 151 Å². The zero-order chi connectivity index (χ0) is 18.2. The summed E-state index contributed by atoms with van der Waals surface area (Å²) in [6.45, 7) is 4.21. The Morgan fingerprint density at radius 3 is 2.60 bits per heavy atom. The van der Waals surface area contributed by atoms with E-state index in [2.05, 4.69) is 11.7 Å². The lowest BCUT2D eigenvalue weighted by atomic mass is 10.2. The van der Waals surface area contributed by atoms with Crippen molar-refractivity contribution in [3.8, 4) is 0 Å². The van der Waals surface area contributed by atoms with Gasteiger partial charge in [-0.2, -0.15) is 0 Å². The summed E-state index contributed by atoms with van der Waals surface area (Å²) in [5, 5.41) is 0.397. The van der Waals surface area contributed by atoms with Gasteiger partial charge < -0.3 is 14.4 Å². The van der Waals surface area contributed by atoms with Crippen LogP contribution in [-0.2, 0) is 23.9 Å². The van der Waals surface area contributed by atoms with E-state index in [4.69, 9.17) is 4.74 Å². The summed E-state index contributed by atoms with van der Waals surface area (Å²) in [5.41, 5.74) is 0.833. The van der Waals surface area contributed by atoms with Crippen molar-refractivity contribution in [2.75, 3.05) is 24.7 Å². The Hall–Kier alpha value is -2.28. The summed E-state index contributed by atoms with van der Waals surface area (Å²) in [7, 11) is 0. The van der Waals surface area contributed by atoms with Crippen LogP contribution in [0.3, 0.4) is 0 Å². The van der Waals surface area contributed by atoms with Gasteiger partial charge in [0.15, 0.2) is 6.61 Å². The van der Waals surface area contributed by atoms with Gasteiger partial charge in [-0.15, -0.1) is 11.8 Å². The first-order chi connectivity index (χ1) is 12.0. The fraction of sp³-hybridized carbons (Fsp3) is 0.389. The van der Waals surface area contributed by atoms with E-state index < -0.39 is 11.9 Å². The summed E-state index contributed by atoms with van der Waals surface area (Å²) < 4.78 is 9.60. The molecule has 2 rings (SSSR count). The molecule has 25 heavy (non-hydrogen) atoms. The molecule has 1 aromatic carbocycles. The highest BCUT2D eigenvalue weighted by Gasteiger charge is 2.24. The van der Waals surface area contributed by atoms with E-state index in [-0.39, 0.29) is 19.1 Å². The molecule has 1 aliphatic rings. The van der Waals surface area contributed by atoms with Crippen molar-refractivity contribution in [1.82, 2.24) is 0 Å². The highest BCUT2D eigenvalue weighted by Crippen LogP contribution is 2.37. The van der Waals surface area contributed by atoms with E-state index >= 15 is 0 Å². The van der Waals surface area contributed by atoms with Crippen molar-refractivity contribution in [3.05, 3.63) is 36.4 Å². The Morgan fingerprint density at radius 1 is 1.20 bits per heavy atom. The summed E-state index contributed by atoms with van der Waals surface area (Å²) in [6, 6.07) is 7.69. The van der Waals surface area contributed by atoms with Crippen LogP contribution in [-0.4, -0.2) is 42.9 Å². The van der Waals surface area contributed by atoms with Crippen LogP contribution < -0.4 is 4.90 Å². The molecule has 1 amide bonds. The van der Waals surface area contributed by atoms with Crippen LogP contribution in [0.4, 0.5) is 5.69 Å². The quantitative estimate of drug-likeness (QED) is 0.591. The van der Waals surface area contributed by atoms with Gasteiger partial charge in [0.25, 0.3) is 5.91 Å². The zero-order valence-corrected chi connectivity index (χ0v) is 15.1. The molecule has 1 aliphatic heterocycles. The fourth-order valence-corrected chi connectivity index (χ4v) is 3.44. The van der Waals surface area contributed by atoms with Crippen LogP contribution in [0.2, 0.25) is 0 Å². The first kappa shape index (κ1) is 19.1. The smallest absolute Gasteiger partial charge is 0.331 e. The molecule has 1 aromatic rings. The molecule has 0 fully saturated rings. The number of hydrogen-bond donors (Lipinski definition) is 0. The van der Waals surface area contributed by atoms with E-state index in [1.807, 2.05) is 24.3 Å². The van der Waals surface area contributed by atoms with Gasteiger partial charge in [0.05, 0.1) is 12.3 Å². The van der Waals surface area contributed by atoms with Crippen molar-refractivity contribution in [2.24, 2.45) is 0 Å². The second-order valence-electron chi connectivity index (χ2n) is 5.42. The minimum Gasteiger partial charge on any atom is -0.463 e. The third-order valence-corrected chi connectivity index (χ3v) is 4.76. The van der Waals surface area contributed by atoms with Gasteiger partial charge in [-0.1, -0.05) is 19.1 Å². The van der Waals surface area contributed by atoms with Crippen LogP contribution in [0.5, 0.6) is 0 Å². The number of esters is 2. The molecule has 0 spiro atoms. The number of carbonyl (C=O) groups excluding carboxylic acids is 3. The minimum absolute atomic E-state index is 0.224. The lowest BCUT2D eigenvalue weighted by Crippen LogP contribution is -2.35. The van der Waals surface area contributed by atoms with Gasteiger partial charge in [-0.3, -0.25) is 4.79 Å². The maximum Gasteiger partial charge on any atom is 0.331 e. The number of thioether (sulfide) groups is 1. The van der Waals surface area contributed by atoms with Gasteiger partial charge in [0.1, 0.15) is 0 Å². The first-order valence-electron chi connectivity index (χ1n) is 8.09. The van der Waals surface area contributed by atoms with E-state index in [9.17, 15) is 14.4 Å². The highest BCUT2D eigenvalue weighted by molar-refractivity contribution is 8.00. The number of anilines is 1. The molecule has 0 aliphatic carbocycles. The summed E-state index contributed by atoms with van der Waals surface area (Å²) in [5.74, 6) is -1.68. The molecule has 0 radical (unpaired) electrons. The van der Waals surface area contributed by atoms with Crippen LogP contribution in [0, 0.1) is 0 Å². The second kappa shape index (κ2) is 9.27. The van der Waals surface area contributed by atoms with Crippen molar-refractivity contribution in [3.63, 3.8) is 0 Å².